The number of halogens is 2. The van der Waals surface area contributed by atoms with Crippen molar-refractivity contribution in [1.82, 2.24) is 19.5 Å². The van der Waals surface area contributed by atoms with Gasteiger partial charge in [0.1, 0.15) is 11.6 Å². The number of β-amino-alcohol motifs (C(OH)–C–C–N with tert-alkyl or cyclic N) is 1. The molecule has 3 aliphatic rings. The van der Waals surface area contributed by atoms with Crippen LogP contribution in [-0.2, 0) is 0 Å². The van der Waals surface area contributed by atoms with Gasteiger partial charge in [-0.15, -0.1) is 0 Å². The lowest BCUT2D eigenvalue weighted by Crippen LogP contribution is -2.60. The first-order valence-electron chi connectivity index (χ1n) is 12.6. The summed E-state index contributed by atoms with van der Waals surface area (Å²) in [6.45, 7) is 1.71. The minimum Gasteiger partial charge on any atom is -0.434 e. The van der Waals surface area contributed by atoms with Crippen LogP contribution in [0.5, 0.6) is 5.75 Å². The zero-order valence-electron chi connectivity index (χ0n) is 20.9. The summed E-state index contributed by atoms with van der Waals surface area (Å²) in [5.41, 5.74) is 4.44. The summed E-state index contributed by atoms with van der Waals surface area (Å²) in [5.74, 6) is 1.23. The van der Waals surface area contributed by atoms with Crippen LogP contribution in [0.3, 0.4) is 0 Å². The van der Waals surface area contributed by atoms with E-state index in [1.807, 2.05) is 30.0 Å². The minimum absolute atomic E-state index is 0.0344. The molecule has 1 N–H and O–H groups in total. The van der Waals surface area contributed by atoms with Gasteiger partial charge in [0.2, 0.25) is 5.95 Å². The molecule has 4 aromatic rings. The molecule has 0 radical (unpaired) electrons. The fraction of sp³-hybridized carbons (Fsp3) is 0.357. The maximum Gasteiger partial charge on any atom is 0.387 e. The Hall–Kier alpha value is -3.92. The van der Waals surface area contributed by atoms with Crippen LogP contribution in [0.15, 0.2) is 42.6 Å². The van der Waals surface area contributed by atoms with Gasteiger partial charge in [-0.25, -0.2) is 15.0 Å². The van der Waals surface area contributed by atoms with Crippen molar-refractivity contribution in [2.75, 3.05) is 18.0 Å². The Morgan fingerprint density at radius 1 is 1.16 bits per heavy atom. The van der Waals surface area contributed by atoms with Crippen molar-refractivity contribution in [3.63, 3.8) is 0 Å². The number of benzene rings is 2. The Morgan fingerprint density at radius 3 is 2.71 bits per heavy atom. The first kappa shape index (κ1) is 23.2. The summed E-state index contributed by atoms with van der Waals surface area (Å²) in [7, 11) is 0. The van der Waals surface area contributed by atoms with Crippen molar-refractivity contribution in [1.29, 1.82) is 0 Å². The van der Waals surface area contributed by atoms with Crippen LogP contribution in [0, 0.1) is 6.92 Å². The second-order valence-corrected chi connectivity index (χ2v) is 10.7. The van der Waals surface area contributed by atoms with Crippen molar-refractivity contribution < 1.29 is 23.4 Å². The van der Waals surface area contributed by atoms with E-state index in [-0.39, 0.29) is 29.9 Å². The molecule has 0 saturated carbocycles. The number of fused-ring (bicyclic) bond motifs is 9. The van der Waals surface area contributed by atoms with Crippen LogP contribution < -0.4 is 9.64 Å². The summed E-state index contributed by atoms with van der Waals surface area (Å²) >= 11 is 0. The summed E-state index contributed by atoms with van der Waals surface area (Å²) in [4.78, 5) is 29.1. The van der Waals surface area contributed by atoms with Gasteiger partial charge in [-0.05, 0) is 44.0 Å². The second kappa shape index (κ2) is 8.04. The predicted molar refractivity (Wildman–Crippen MR) is 136 cm³/mol. The van der Waals surface area contributed by atoms with Gasteiger partial charge < -0.3 is 19.3 Å². The number of alkyl halides is 2. The van der Waals surface area contributed by atoms with Gasteiger partial charge in [-0.1, -0.05) is 18.2 Å². The Balaban J connectivity index is 1.33. The largest absolute Gasteiger partial charge is 0.434 e. The van der Waals surface area contributed by atoms with Crippen LogP contribution in [0.1, 0.15) is 59.2 Å². The first-order valence-corrected chi connectivity index (χ1v) is 12.6. The summed E-state index contributed by atoms with van der Waals surface area (Å²) in [6.07, 6.45) is 2.66. The number of nitrogens with zero attached hydrogens (tertiary/aromatic N) is 5. The topological polar surface area (TPSA) is 93.4 Å². The van der Waals surface area contributed by atoms with E-state index < -0.39 is 12.2 Å². The highest BCUT2D eigenvalue weighted by Crippen LogP contribution is 2.50. The summed E-state index contributed by atoms with van der Waals surface area (Å²) in [5, 5.41) is 10.1. The molecular weight excluding hydrogens is 492 g/mol. The molecule has 2 bridgehead atoms. The number of rotatable bonds is 4. The van der Waals surface area contributed by atoms with Crippen molar-refractivity contribution in [2.24, 2.45) is 0 Å². The second-order valence-electron chi connectivity index (χ2n) is 10.7. The normalized spacial score (nSPS) is 21.3. The molecule has 1 aliphatic carbocycles. The van der Waals surface area contributed by atoms with E-state index in [2.05, 4.69) is 14.5 Å². The highest BCUT2D eigenvalue weighted by Gasteiger charge is 2.42. The zero-order valence-corrected chi connectivity index (χ0v) is 20.9. The van der Waals surface area contributed by atoms with Crippen LogP contribution in [0.4, 0.5) is 14.7 Å². The van der Waals surface area contributed by atoms with Crippen LogP contribution in [-0.4, -0.2) is 55.7 Å². The zero-order chi connectivity index (χ0) is 26.3. The van der Waals surface area contributed by atoms with E-state index in [1.54, 1.807) is 25.3 Å². The number of carbonyl (C=O) groups excluding carboxylic acids is 1. The average Bonchev–Trinajstić information content (AvgIpc) is 3.34. The summed E-state index contributed by atoms with van der Waals surface area (Å²) in [6, 6.07) is 10.4. The molecule has 0 unspecified atom stereocenters. The lowest BCUT2D eigenvalue weighted by Gasteiger charge is -2.44. The Kier molecular flexibility index (Phi) is 4.91. The fourth-order valence-corrected chi connectivity index (χ4v) is 6.27. The first-order chi connectivity index (χ1) is 18.2. The summed E-state index contributed by atoms with van der Waals surface area (Å²) < 4.78 is 33.5. The highest BCUT2D eigenvalue weighted by molar-refractivity contribution is 6.00. The molecule has 2 aliphatic heterocycles. The standard InChI is InChI=1S/C28H25F2N5O3/c1-14-18(11-31-27(32-14)34-12-28(2,37)13-34)15-6-7-19-20(8-15)35-21-9-16(25(35)33-19)10-22(36)17-4-3-5-23(24(17)21)38-26(29)30/h3-8,11,16,21,26,37H,9-10,12-13H2,1-2H3/t16-,21-/m1/s1. The minimum atomic E-state index is -2.99. The van der Waals surface area contributed by atoms with Crippen molar-refractivity contribution in [3.05, 3.63) is 65.2 Å². The van der Waals surface area contributed by atoms with Gasteiger partial charge in [-0.3, -0.25) is 4.79 Å². The third-order valence-electron chi connectivity index (χ3n) is 7.87. The average molecular weight is 518 g/mol. The van der Waals surface area contributed by atoms with Gasteiger partial charge in [0.15, 0.2) is 5.78 Å². The number of Topliss-reactive ketones (excluding diaryl/α,β-unsaturated/α-hetero) is 1. The van der Waals surface area contributed by atoms with E-state index in [0.29, 0.717) is 36.6 Å². The smallest absolute Gasteiger partial charge is 0.387 e. The van der Waals surface area contributed by atoms with Crippen molar-refractivity contribution in [3.8, 4) is 16.9 Å². The van der Waals surface area contributed by atoms with Crippen LogP contribution in [0.2, 0.25) is 0 Å². The quantitative estimate of drug-likeness (QED) is 0.422. The molecule has 7 rings (SSSR count). The SMILES string of the molecule is Cc1nc(N2CC(C)(O)C2)ncc1-c1ccc2nc3n(c2c1)[C@@H]1C[C@@H]3CC(=O)c2cccc(OC(F)F)c21. The molecule has 8 nitrogen and oxygen atoms in total. The molecule has 0 amide bonds. The number of imidazole rings is 1. The third kappa shape index (κ3) is 3.50. The lowest BCUT2D eigenvalue weighted by molar-refractivity contribution is -0.0507. The fourth-order valence-electron chi connectivity index (χ4n) is 6.27. The number of carbonyl (C=O) groups is 1. The molecule has 1 saturated heterocycles. The van der Waals surface area contributed by atoms with Gasteiger partial charge in [-0.2, -0.15) is 8.78 Å². The molecular formula is C28H25F2N5O3. The van der Waals surface area contributed by atoms with E-state index in [9.17, 15) is 18.7 Å². The molecule has 38 heavy (non-hydrogen) atoms. The number of aromatic nitrogens is 4. The molecule has 2 aromatic heterocycles. The maximum atomic E-state index is 13.3. The number of hydrogen-bond acceptors (Lipinski definition) is 7. The number of hydrogen-bond donors (Lipinski definition) is 1. The molecule has 4 heterocycles. The molecule has 0 spiro atoms. The third-order valence-corrected chi connectivity index (χ3v) is 7.87. The lowest BCUT2D eigenvalue weighted by atomic mass is 9.97. The number of aliphatic hydroxyl groups is 1. The molecule has 2 aromatic carbocycles. The molecule has 194 valence electrons. The molecule has 2 atom stereocenters. The Labute approximate surface area is 216 Å². The van der Waals surface area contributed by atoms with Gasteiger partial charge in [0, 0.05) is 35.2 Å². The monoisotopic (exact) mass is 517 g/mol. The number of aryl methyl sites for hydroxylation is 1. The van der Waals surface area contributed by atoms with Gasteiger partial charge in [0.05, 0.1) is 41.5 Å². The van der Waals surface area contributed by atoms with E-state index >= 15 is 0 Å². The van der Waals surface area contributed by atoms with Gasteiger partial charge >= 0.3 is 6.61 Å². The number of anilines is 1. The number of ether oxygens (including phenoxy) is 1. The van der Waals surface area contributed by atoms with Gasteiger partial charge in [0.25, 0.3) is 0 Å². The van der Waals surface area contributed by atoms with Crippen molar-refractivity contribution >= 4 is 22.8 Å². The van der Waals surface area contributed by atoms with Crippen LogP contribution in [0.25, 0.3) is 22.2 Å². The molecule has 10 heteroatoms. The Morgan fingerprint density at radius 2 is 1.97 bits per heavy atom. The maximum absolute atomic E-state index is 13.3. The number of ketones is 1. The predicted octanol–water partition coefficient (Wildman–Crippen LogP) is 4.64. The molecule has 1 fully saturated rings. The van der Waals surface area contributed by atoms with E-state index in [1.165, 1.54) is 6.07 Å². The van der Waals surface area contributed by atoms with Crippen molar-refractivity contribution in [2.45, 2.75) is 50.9 Å². The van der Waals surface area contributed by atoms with Crippen LogP contribution >= 0.6 is 0 Å². The highest BCUT2D eigenvalue weighted by atomic mass is 19.3. The van der Waals surface area contributed by atoms with E-state index in [4.69, 9.17) is 9.72 Å². The van der Waals surface area contributed by atoms with E-state index in [0.717, 1.165) is 33.7 Å². The Bertz CT molecular complexity index is 1620.